The lowest BCUT2D eigenvalue weighted by molar-refractivity contribution is 0.750. The molecule has 0 aromatic carbocycles. The van der Waals surface area contributed by atoms with E-state index in [1.807, 2.05) is 0 Å². The SMILES string of the molecule is C(CC(CCSCC1CS1)(SCC1CS1)SCC1CS1)SCC1CS1. The third-order valence-electron chi connectivity index (χ3n) is 4.54. The molecule has 8 heteroatoms. The predicted molar refractivity (Wildman–Crippen MR) is 137 cm³/mol. The van der Waals surface area contributed by atoms with Crippen LogP contribution >= 0.6 is 94.1 Å². The van der Waals surface area contributed by atoms with Gasteiger partial charge in [0.25, 0.3) is 0 Å². The molecule has 4 atom stereocenters. The van der Waals surface area contributed by atoms with Gasteiger partial charge in [-0.3, -0.25) is 0 Å². The molecule has 0 spiro atoms. The van der Waals surface area contributed by atoms with Gasteiger partial charge in [-0.2, -0.15) is 70.6 Å². The number of hydrogen-bond acceptors (Lipinski definition) is 8. The summed E-state index contributed by atoms with van der Waals surface area (Å²) < 4.78 is 0.514. The molecular formula is C17H28S8. The van der Waals surface area contributed by atoms with Crippen LogP contribution in [-0.4, -0.2) is 82.6 Å². The van der Waals surface area contributed by atoms with Crippen LogP contribution in [0.25, 0.3) is 0 Å². The summed E-state index contributed by atoms with van der Waals surface area (Å²) in [5.41, 5.74) is 0. The quantitative estimate of drug-likeness (QED) is 0.149. The van der Waals surface area contributed by atoms with E-state index in [9.17, 15) is 0 Å². The van der Waals surface area contributed by atoms with Crippen molar-refractivity contribution >= 4 is 94.1 Å². The van der Waals surface area contributed by atoms with Gasteiger partial charge in [0.05, 0.1) is 4.08 Å². The zero-order chi connectivity index (χ0) is 17.0. The van der Waals surface area contributed by atoms with Gasteiger partial charge in [0, 0.05) is 67.0 Å². The van der Waals surface area contributed by atoms with Crippen molar-refractivity contribution in [1.29, 1.82) is 0 Å². The normalized spacial score (nSPS) is 34.6. The van der Waals surface area contributed by atoms with E-state index in [0.29, 0.717) is 4.08 Å². The molecule has 0 saturated carbocycles. The second-order valence-electron chi connectivity index (χ2n) is 7.00. The van der Waals surface area contributed by atoms with E-state index < -0.39 is 0 Å². The molecule has 4 rings (SSSR count). The van der Waals surface area contributed by atoms with Crippen LogP contribution in [0.5, 0.6) is 0 Å². The second-order valence-corrected chi connectivity index (χ2v) is 17.7. The van der Waals surface area contributed by atoms with E-state index in [1.54, 1.807) is 0 Å². The molecule has 0 nitrogen and oxygen atoms in total. The molecule has 4 fully saturated rings. The zero-order valence-corrected chi connectivity index (χ0v) is 21.1. The maximum atomic E-state index is 2.35. The molecule has 0 bridgehead atoms. The summed E-state index contributed by atoms with van der Waals surface area (Å²) in [4.78, 5) is 0. The highest BCUT2D eigenvalue weighted by Gasteiger charge is 2.36. The van der Waals surface area contributed by atoms with Gasteiger partial charge in [-0.1, -0.05) is 0 Å². The zero-order valence-electron chi connectivity index (χ0n) is 14.6. The van der Waals surface area contributed by atoms with Crippen molar-refractivity contribution in [3.8, 4) is 0 Å². The van der Waals surface area contributed by atoms with Crippen molar-refractivity contribution in [3.05, 3.63) is 0 Å². The molecule has 0 aromatic rings. The van der Waals surface area contributed by atoms with E-state index in [2.05, 4.69) is 94.1 Å². The minimum atomic E-state index is 0.514. The highest BCUT2D eigenvalue weighted by molar-refractivity contribution is 8.19. The predicted octanol–water partition coefficient (Wildman–Crippen LogP) is 5.86. The Morgan fingerprint density at radius 2 is 0.960 bits per heavy atom. The van der Waals surface area contributed by atoms with E-state index in [1.165, 1.54) is 70.4 Å². The molecule has 0 amide bonds. The van der Waals surface area contributed by atoms with Gasteiger partial charge in [-0.15, -0.1) is 23.5 Å². The standard InChI is InChI=1S/C17H28S8/c1(3-18-5-13-7-20-13)17(24-11-15-9-22-15,25-12-16-10-23-16)2-4-19-6-14-8-21-14/h13-16H,1-12H2. The van der Waals surface area contributed by atoms with Gasteiger partial charge in [0.2, 0.25) is 0 Å². The van der Waals surface area contributed by atoms with Crippen LogP contribution in [0.15, 0.2) is 0 Å². The maximum absolute atomic E-state index is 2.35. The molecule has 4 unspecified atom stereocenters. The first-order chi connectivity index (χ1) is 12.3. The minimum absolute atomic E-state index is 0.514. The summed E-state index contributed by atoms with van der Waals surface area (Å²) in [5, 5.41) is 3.95. The lowest BCUT2D eigenvalue weighted by atomic mass is 10.2. The van der Waals surface area contributed by atoms with Gasteiger partial charge in [-0.05, 0) is 24.3 Å². The fourth-order valence-corrected chi connectivity index (χ4v) is 12.2. The maximum Gasteiger partial charge on any atom is 0.0627 e. The average molecular weight is 489 g/mol. The Morgan fingerprint density at radius 1 is 0.600 bits per heavy atom. The largest absolute Gasteiger partial charge is 0.161 e. The molecule has 4 saturated heterocycles. The van der Waals surface area contributed by atoms with Crippen LogP contribution in [0.2, 0.25) is 0 Å². The van der Waals surface area contributed by atoms with Gasteiger partial charge in [0.1, 0.15) is 0 Å². The Kier molecular flexibility index (Phi) is 9.02. The molecule has 0 aromatic heterocycles. The summed E-state index contributed by atoms with van der Waals surface area (Å²) in [6, 6.07) is 0. The first-order valence-corrected chi connectivity index (χ1v) is 17.7. The van der Waals surface area contributed by atoms with Crippen LogP contribution in [-0.2, 0) is 0 Å². The van der Waals surface area contributed by atoms with Crippen LogP contribution in [0.3, 0.4) is 0 Å². The van der Waals surface area contributed by atoms with E-state index in [-0.39, 0.29) is 0 Å². The van der Waals surface area contributed by atoms with E-state index in [0.717, 1.165) is 21.0 Å². The van der Waals surface area contributed by atoms with Crippen molar-refractivity contribution in [3.63, 3.8) is 0 Å². The first kappa shape index (κ1) is 21.0. The topological polar surface area (TPSA) is 0 Å². The van der Waals surface area contributed by atoms with Crippen LogP contribution in [0.4, 0.5) is 0 Å². The van der Waals surface area contributed by atoms with Gasteiger partial charge < -0.3 is 0 Å². The molecule has 25 heavy (non-hydrogen) atoms. The lowest BCUT2D eigenvalue weighted by Crippen LogP contribution is -2.25. The first-order valence-electron chi connectivity index (χ1n) is 9.21. The number of thioether (sulfide) groups is 8. The fraction of sp³-hybridized carbons (Fsp3) is 1.00. The molecule has 4 aliphatic rings. The van der Waals surface area contributed by atoms with Crippen molar-refractivity contribution in [1.82, 2.24) is 0 Å². The molecule has 4 heterocycles. The van der Waals surface area contributed by atoms with Gasteiger partial charge in [0.15, 0.2) is 0 Å². The molecule has 0 radical (unpaired) electrons. The summed E-state index contributed by atoms with van der Waals surface area (Å²) in [7, 11) is 0. The lowest BCUT2D eigenvalue weighted by Gasteiger charge is -2.33. The molecule has 0 aliphatic carbocycles. The van der Waals surface area contributed by atoms with Crippen molar-refractivity contribution in [2.45, 2.75) is 37.9 Å². The summed E-state index contributed by atoms with van der Waals surface area (Å²) in [6.45, 7) is 0. The van der Waals surface area contributed by atoms with Crippen LogP contribution in [0.1, 0.15) is 12.8 Å². The second kappa shape index (κ2) is 10.7. The third kappa shape index (κ3) is 9.00. The molecule has 0 N–H and O–H groups in total. The van der Waals surface area contributed by atoms with E-state index in [4.69, 9.17) is 0 Å². The summed E-state index contributed by atoms with van der Waals surface area (Å²) in [6.07, 6.45) is 2.86. The van der Waals surface area contributed by atoms with Crippen molar-refractivity contribution < 1.29 is 0 Å². The van der Waals surface area contributed by atoms with Gasteiger partial charge >= 0.3 is 0 Å². The third-order valence-corrected chi connectivity index (χ3v) is 15.2. The fourth-order valence-electron chi connectivity index (χ4n) is 2.49. The van der Waals surface area contributed by atoms with Crippen molar-refractivity contribution in [2.75, 3.05) is 57.5 Å². The summed E-state index contributed by atoms with van der Waals surface area (Å²) in [5.74, 6) is 14.1. The van der Waals surface area contributed by atoms with Crippen molar-refractivity contribution in [2.24, 2.45) is 0 Å². The smallest absolute Gasteiger partial charge is 0.0627 e. The summed E-state index contributed by atoms with van der Waals surface area (Å²) >= 11 is 17.8. The van der Waals surface area contributed by atoms with Gasteiger partial charge in [-0.25, -0.2) is 0 Å². The average Bonchev–Trinajstić information content (AvgIpc) is 3.49. The Balaban J connectivity index is 1.25. The Labute approximate surface area is 188 Å². The molecular weight excluding hydrogens is 461 g/mol. The Morgan fingerprint density at radius 3 is 1.32 bits per heavy atom. The molecule has 144 valence electrons. The molecule has 4 aliphatic heterocycles. The highest BCUT2D eigenvalue weighted by atomic mass is 32.2. The minimum Gasteiger partial charge on any atom is -0.161 e. The van der Waals surface area contributed by atoms with Crippen LogP contribution < -0.4 is 0 Å². The Bertz CT molecular complexity index is 365. The highest BCUT2D eigenvalue weighted by Crippen LogP contribution is 2.50. The monoisotopic (exact) mass is 488 g/mol. The number of rotatable bonds is 16. The van der Waals surface area contributed by atoms with E-state index >= 15 is 0 Å². The Hall–Kier alpha value is 2.80. The van der Waals surface area contributed by atoms with Crippen LogP contribution in [0, 0.1) is 0 Å². The number of hydrogen-bond donors (Lipinski definition) is 0.